The molecule has 1 aromatic heterocycles. The van der Waals surface area contributed by atoms with E-state index in [0.29, 0.717) is 12.2 Å². The molecule has 22 heavy (non-hydrogen) atoms. The Bertz CT molecular complexity index is 624. The summed E-state index contributed by atoms with van der Waals surface area (Å²) in [6.07, 6.45) is 2.66. The highest BCUT2D eigenvalue weighted by atomic mass is 16.3. The first kappa shape index (κ1) is 16.0. The van der Waals surface area contributed by atoms with E-state index in [4.69, 9.17) is 0 Å². The number of benzene rings is 1. The molecule has 1 unspecified atom stereocenters. The summed E-state index contributed by atoms with van der Waals surface area (Å²) in [5.41, 5.74) is 1.97. The summed E-state index contributed by atoms with van der Waals surface area (Å²) in [6, 6.07) is 9.18. The number of urea groups is 1. The number of hydrogen-bond donors (Lipinski definition) is 3. The molecular formula is C16H22N4O2. The molecule has 0 aliphatic rings. The van der Waals surface area contributed by atoms with Gasteiger partial charge in [0.2, 0.25) is 0 Å². The number of para-hydroxylation sites is 1. The van der Waals surface area contributed by atoms with Gasteiger partial charge in [-0.2, -0.15) is 5.10 Å². The lowest BCUT2D eigenvalue weighted by Gasteiger charge is -2.13. The molecule has 1 atom stereocenters. The van der Waals surface area contributed by atoms with Gasteiger partial charge in [0, 0.05) is 12.6 Å². The zero-order valence-corrected chi connectivity index (χ0v) is 12.9. The van der Waals surface area contributed by atoms with Gasteiger partial charge >= 0.3 is 6.03 Å². The SMILES string of the molecule is CCCC(O)CNC(=O)Nc1ccnn1-c1ccccc1C. The summed E-state index contributed by atoms with van der Waals surface area (Å²) in [7, 11) is 0. The monoisotopic (exact) mass is 302 g/mol. The largest absolute Gasteiger partial charge is 0.391 e. The van der Waals surface area contributed by atoms with Crippen LogP contribution in [-0.4, -0.2) is 33.6 Å². The van der Waals surface area contributed by atoms with Crippen molar-refractivity contribution in [2.24, 2.45) is 0 Å². The summed E-state index contributed by atoms with van der Waals surface area (Å²) >= 11 is 0. The van der Waals surface area contributed by atoms with E-state index in [9.17, 15) is 9.90 Å². The third-order valence-electron chi connectivity index (χ3n) is 3.35. The summed E-state index contributed by atoms with van der Waals surface area (Å²) < 4.78 is 1.68. The minimum Gasteiger partial charge on any atom is -0.391 e. The van der Waals surface area contributed by atoms with Crippen LogP contribution in [0.25, 0.3) is 5.69 Å². The van der Waals surface area contributed by atoms with Gasteiger partial charge in [-0.05, 0) is 25.0 Å². The first-order valence-corrected chi connectivity index (χ1v) is 7.44. The van der Waals surface area contributed by atoms with E-state index in [0.717, 1.165) is 17.7 Å². The van der Waals surface area contributed by atoms with E-state index in [1.54, 1.807) is 16.9 Å². The standard InChI is InChI=1S/C16H22N4O2/c1-3-6-13(21)11-17-16(22)19-15-9-10-18-20(15)14-8-5-4-7-12(14)2/h4-5,7-10,13,21H,3,6,11H2,1-2H3,(H2,17,19,22). The molecule has 1 heterocycles. The molecule has 0 saturated carbocycles. The maximum Gasteiger partial charge on any atom is 0.320 e. The second kappa shape index (κ2) is 7.61. The molecule has 0 radical (unpaired) electrons. The number of aryl methyl sites for hydroxylation is 1. The summed E-state index contributed by atoms with van der Waals surface area (Å²) in [5, 5.41) is 19.3. The van der Waals surface area contributed by atoms with E-state index in [1.807, 2.05) is 38.1 Å². The predicted octanol–water partition coefficient (Wildman–Crippen LogP) is 2.46. The van der Waals surface area contributed by atoms with Gasteiger partial charge in [-0.15, -0.1) is 0 Å². The fourth-order valence-electron chi connectivity index (χ4n) is 2.20. The van der Waals surface area contributed by atoms with Crippen molar-refractivity contribution in [3.63, 3.8) is 0 Å². The Kier molecular flexibility index (Phi) is 5.55. The Balaban J connectivity index is 2.01. The van der Waals surface area contributed by atoms with E-state index < -0.39 is 6.10 Å². The molecule has 0 spiro atoms. The van der Waals surface area contributed by atoms with Gasteiger partial charge in [0.1, 0.15) is 5.82 Å². The first-order chi connectivity index (χ1) is 10.6. The number of nitrogens with zero attached hydrogens (tertiary/aromatic N) is 2. The third kappa shape index (κ3) is 4.08. The number of aliphatic hydroxyl groups is 1. The molecule has 1 aromatic carbocycles. The number of amides is 2. The highest BCUT2D eigenvalue weighted by Gasteiger charge is 2.11. The van der Waals surface area contributed by atoms with E-state index in [-0.39, 0.29) is 12.6 Å². The second-order valence-corrected chi connectivity index (χ2v) is 5.19. The molecule has 0 aliphatic carbocycles. The van der Waals surface area contributed by atoms with E-state index >= 15 is 0 Å². The maximum absolute atomic E-state index is 11.9. The average molecular weight is 302 g/mol. The Morgan fingerprint density at radius 2 is 2.14 bits per heavy atom. The van der Waals surface area contributed by atoms with Crippen molar-refractivity contribution in [1.82, 2.24) is 15.1 Å². The van der Waals surface area contributed by atoms with Gasteiger partial charge < -0.3 is 10.4 Å². The Hall–Kier alpha value is -2.34. The Morgan fingerprint density at radius 3 is 2.86 bits per heavy atom. The number of carbonyl (C=O) groups is 1. The highest BCUT2D eigenvalue weighted by Crippen LogP contribution is 2.17. The number of anilines is 1. The number of nitrogens with one attached hydrogen (secondary N) is 2. The predicted molar refractivity (Wildman–Crippen MR) is 86.2 cm³/mol. The highest BCUT2D eigenvalue weighted by molar-refractivity contribution is 5.88. The van der Waals surface area contributed by atoms with Crippen LogP contribution in [-0.2, 0) is 0 Å². The van der Waals surface area contributed by atoms with Crippen molar-refractivity contribution < 1.29 is 9.90 Å². The van der Waals surface area contributed by atoms with Crippen LogP contribution in [0.15, 0.2) is 36.5 Å². The summed E-state index contributed by atoms with van der Waals surface area (Å²) in [5.74, 6) is 0.580. The number of aromatic nitrogens is 2. The Labute approximate surface area is 130 Å². The zero-order valence-electron chi connectivity index (χ0n) is 12.9. The summed E-state index contributed by atoms with van der Waals surface area (Å²) in [4.78, 5) is 11.9. The quantitative estimate of drug-likeness (QED) is 0.767. The maximum atomic E-state index is 11.9. The van der Waals surface area contributed by atoms with Crippen molar-refractivity contribution in [3.05, 3.63) is 42.1 Å². The van der Waals surface area contributed by atoms with Crippen LogP contribution in [0.5, 0.6) is 0 Å². The fraction of sp³-hybridized carbons (Fsp3) is 0.375. The van der Waals surface area contributed by atoms with E-state index in [1.165, 1.54) is 0 Å². The molecule has 0 bridgehead atoms. The van der Waals surface area contributed by atoms with Crippen molar-refractivity contribution >= 4 is 11.8 Å². The molecule has 6 nitrogen and oxygen atoms in total. The van der Waals surface area contributed by atoms with Gasteiger partial charge in [0.15, 0.2) is 0 Å². The third-order valence-corrected chi connectivity index (χ3v) is 3.35. The van der Waals surface area contributed by atoms with Crippen molar-refractivity contribution in [1.29, 1.82) is 0 Å². The van der Waals surface area contributed by atoms with Gasteiger partial charge in [0.05, 0.1) is 18.0 Å². The molecule has 3 N–H and O–H groups in total. The lowest BCUT2D eigenvalue weighted by Crippen LogP contribution is -2.35. The Morgan fingerprint density at radius 1 is 1.36 bits per heavy atom. The van der Waals surface area contributed by atoms with Crippen LogP contribution in [0.4, 0.5) is 10.6 Å². The lowest BCUT2D eigenvalue weighted by molar-refractivity contribution is 0.162. The smallest absolute Gasteiger partial charge is 0.320 e. The molecule has 0 saturated heterocycles. The van der Waals surface area contributed by atoms with Crippen molar-refractivity contribution in [2.75, 3.05) is 11.9 Å². The number of hydrogen-bond acceptors (Lipinski definition) is 3. The normalized spacial score (nSPS) is 12.0. The molecule has 6 heteroatoms. The molecular weight excluding hydrogens is 280 g/mol. The van der Waals surface area contributed by atoms with Gasteiger partial charge in [-0.3, -0.25) is 5.32 Å². The van der Waals surface area contributed by atoms with Crippen LogP contribution < -0.4 is 10.6 Å². The summed E-state index contributed by atoms with van der Waals surface area (Å²) in [6.45, 7) is 4.21. The molecule has 2 rings (SSSR count). The number of aliphatic hydroxyl groups excluding tert-OH is 1. The molecule has 118 valence electrons. The second-order valence-electron chi connectivity index (χ2n) is 5.19. The van der Waals surface area contributed by atoms with Crippen LogP contribution in [0.1, 0.15) is 25.3 Å². The van der Waals surface area contributed by atoms with E-state index in [2.05, 4.69) is 15.7 Å². The van der Waals surface area contributed by atoms with Crippen LogP contribution in [0, 0.1) is 6.92 Å². The average Bonchev–Trinajstić information content (AvgIpc) is 2.94. The van der Waals surface area contributed by atoms with Crippen LogP contribution in [0.3, 0.4) is 0 Å². The van der Waals surface area contributed by atoms with Gasteiger partial charge in [-0.25, -0.2) is 9.48 Å². The van der Waals surface area contributed by atoms with Crippen molar-refractivity contribution in [2.45, 2.75) is 32.8 Å². The van der Waals surface area contributed by atoms with Crippen molar-refractivity contribution in [3.8, 4) is 5.69 Å². The number of rotatable bonds is 6. The van der Waals surface area contributed by atoms with Crippen LogP contribution >= 0.6 is 0 Å². The molecule has 0 fully saturated rings. The van der Waals surface area contributed by atoms with Crippen LogP contribution in [0.2, 0.25) is 0 Å². The molecule has 2 aromatic rings. The minimum absolute atomic E-state index is 0.234. The minimum atomic E-state index is -0.517. The topological polar surface area (TPSA) is 79.2 Å². The fourth-order valence-corrected chi connectivity index (χ4v) is 2.20. The molecule has 0 aliphatic heterocycles. The number of carbonyl (C=O) groups excluding carboxylic acids is 1. The zero-order chi connectivity index (χ0) is 15.9. The molecule has 2 amide bonds. The lowest BCUT2D eigenvalue weighted by atomic mass is 10.2. The van der Waals surface area contributed by atoms with Gasteiger partial charge in [-0.1, -0.05) is 31.5 Å². The first-order valence-electron chi connectivity index (χ1n) is 7.44. The van der Waals surface area contributed by atoms with Gasteiger partial charge in [0.25, 0.3) is 0 Å².